The average molecular weight is 235 g/mol. The summed E-state index contributed by atoms with van der Waals surface area (Å²) in [5.74, 6) is -0.425. The Morgan fingerprint density at radius 2 is 1.76 bits per heavy atom. The largest absolute Gasteiger partial charge is 0.469 e. The van der Waals surface area contributed by atoms with Crippen LogP contribution in [0, 0.1) is 6.92 Å². The molecular formula is C14H21NO2. The summed E-state index contributed by atoms with van der Waals surface area (Å²) in [7, 11) is 5.37. The van der Waals surface area contributed by atoms with E-state index < -0.39 is 0 Å². The van der Waals surface area contributed by atoms with Gasteiger partial charge in [-0.1, -0.05) is 29.8 Å². The molecule has 3 heteroatoms. The summed E-state index contributed by atoms with van der Waals surface area (Å²) in [5.41, 5.74) is 2.19. The Balaban J connectivity index is 3.06. The van der Waals surface area contributed by atoms with Crippen LogP contribution < -0.4 is 0 Å². The van der Waals surface area contributed by atoms with E-state index in [4.69, 9.17) is 4.74 Å². The Kier molecular flexibility index (Phi) is 4.70. The maximum atomic E-state index is 11.9. The minimum atomic E-state index is -0.240. The standard InChI is InChI=1S/C14H21NO2/c1-10-6-8-12(9-7-10)13(14(16)17-5)11(2)15(3)4/h6-9,11,13H,1-5H3. The van der Waals surface area contributed by atoms with Crippen LogP contribution in [0.1, 0.15) is 24.0 Å². The number of hydrogen-bond acceptors (Lipinski definition) is 3. The van der Waals surface area contributed by atoms with Crippen LogP contribution in [0.25, 0.3) is 0 Å². The number of esters is 1. The second-order valence-electron chi connectivity index (χ2n) is 4.62. The number of carbonyl (C=O) groups excluding carboxylic acids is 1. The number of likely N-dealkylation sites (N-methyl/N-ethyl adjacent to an activating group) is 1. The maximum absolute atomic E-state index is 11.9. The fourth-order valence-electron chi connectivity index (χ4n) is 1.81. The molecule has 0 amide bonds. The lowest BCUT2D eigenvalue weighted by Crippen LogP contribution is -2.36. The zero-order chi connectivity index (χ0) is 13.0. The Morgan fingerprint density at radius 3 is 2.18 bits per heavy atom. The molecule has 0 aliphatic heterocycles. The number of hydrogen-bond donors (Lipinski definition) is 0. The molecule has 2 unspecified atom stereocenters. The number of carbonyl (C=O) groups is 1. The molecule has 94 valence electrons. The minimum absolute atomic E-state index is 0.102. The van der Waals surface area contributed by atoms with Crippen LogP contribution in [0.15, 0.2) is 24.3 Å². The van der Waals surface area contributed by atoms with E-state index in [1.807, 2.05) is 57.1 Å². The van der Waals surface area contributed by atoms with Gasteiger partial charge in [-0.05, 0) is 33.5 Å². The molecule has 0 spiro atoms. The highest BCUT2D eigenvalue weighted by atomic mass is 16.5. The van der Waals surface area contributed by atoms with Crippen molar-refractivity contribution >= 4 is 5.97 Å². The topological polar surface area (TPSA) is 29.5 Å². The molecule has 0 bridgehead atoms. The first kappa shape index (κ1) is 13.7. The van der Waals surface area contributed by atoms with Crippen molar-refractivity contribution in [2.45, 2.75) is 25.8 Å². The summed E-state index contributed by atoms with van der Waals surface area (Å²) in [6.45, 7) is 4.06. The maximum Gasteiger partial charge on any atom is 0.314 e. The molecule has 0 saturated carbocycles. The van der Waals surface area contributed by atoms with Crippen molar-refractivity contribution in [2.75, 3.05) is 21.2 Å². The summed E-state index contributed by atoms with van der Waals surface area (Å²) in [6, 6.07) is 8.14. The van der Waals surface area contributed by atoms with Crippen molar-refractivity contribution in [3.05, 3.63) is 35.4 Å². The second-order valence-corrected chi connectivity index (χ2v) is 4.62. The van der Waals surface area contributed by atoms with Crippen molar-refractivity contribution in [3.8, 4) is 0 Å². The fourth-order valence-corrected chi connectivity index (χ4v) is 1.81. The van der Waals surface area contributed by atoms with E-state index in [0.29, 0.717) is 0 Å². The highest BCUT2D eigenvalue weighted by molar-refractivity contribution is 5.79. The van der Waals surface area contributed by atoms with E-state index >= 15 is 0 Å². The molecular weight excluding hydrogens is 214 g/mol. The normalized spacial score (nSPS) is 14.5. The summed E-state index contributed by atoms with van der Waals surface area (Å²) >= 11 is 0. The zero-order valence-electron chi connectivity index (χ0n) is 11.2. The molecule has 0 aromatic heterocycles. The van der Waals surface area contributed by atoms with Crippen molar-refractivity contribution < 1.29 is 9.53 Å². The van der Waals surface area contributed by atoms with Gasteiger partial charge in [-0.2, -0.15) is 0 Å². The highest BCUT2D eigenvalue weighted by Gasteiger charge is 2.28. The molecule has 0 saturated heterocycles. The fraction of sp³-hybridized carbons (Fsp3) is 0.500. The minimum Gasteiger partial charge on any atom is -0.469 e. The van der Waals surface area contributed by atoms with Gasteiger partial charge in [0.25, 0.3) is 0 Å². The molecule has 0 aliphatic carbocycles. The molecule has 0 heterocycles. The van der Waals surface area contributed by atoms with Crippen LogP contribution in [0.5, 0.6) is 0 Å². The van der Waals surface area contributed by atoms with Gasteiger partial charge in [0, 0.05) is 6.04 Å². The first-order valence-electron chi connectivity index (χ1n) is 5.78. The third-order valence-corrected chi connectivity index (χ3v) is 3.19. The van der Waals surface area contributed by atoms with Crippen LogP contribution in [-0.2, 0) is 9.53 Å². The van der Waals surface area contributed by atoms with Gasteiger partial charge in [0.15, 0.2) is 0 Å². The Morgan fingerprint density at radius 1 is 1.24 bits per heavy atom. The summed E-state index contributed by atoms with van der Waals surface area (Å²) in [5, 5.41) is 0. The zero-order valence-corrected chi connectivity index (χ0v) is 11.2. The number of rotatable bonds is 4. The summed E-state index contributed by atoms with van der Waals surface area (Å²) < 4.78 is 4.90. The van der Waals surface area contributed by atoms with Crippen LogP contribution in [0.3, 0.4) is 0 Å². The number of nitrogens with zero attached hydrogens (tertiary/aromatic N) is 1. The number of aryl methyl sites for hydroxylation is 1. The van der Waals surface area contributed by atoms with Crippen molar-refractivity contribution in [3.63, 3.8) is 0 Å². The van der Waals surface area contributed by atoms with Gasteiger partial charge in [-0.15, -0.1) is 0 Å². The van der Waals surface area contributed by atoms with Gasteiger partial charge in [-0.3, -0.25) is 4.79 Å². The van der Waals surface area contributed by atoms with Gasteiger partial charge >= 0.3 is 5.97 Å². The van der Waals surface area contributed by atoms with Crippen LogP contribution in [0.4, 0.5) is 0 Å². The van der Waals surface area contributed by atoms with Crippen molar-refractivity contribution in [2.24, 2.45) is 0 Å². The van der Waals surface area contributed by atoms with Crippen molar-refractivity contribution in [1.82, 2.24) is 4.90 Å². The molecule has 1 rings (SSSR count). The van der Waals surface area contributed by atoms with Crippen molar-refractivity contribution in [1.29, 1.82) is 0 Å². The lowest BCUT2D eigenvalue weighted by atomic mass is 9.91. The van der Waals surface area contributed by atoms with E-state index in [-0.39, 0.29) is 17.9 Å². The number of benzene rings is 1. The molecule has 1 aromatic carbocycles. The van der Waals surface area contributed by atoms with Gasteiger partial charge in [0.05, 0.1) is 13.0 Å². The van der Waals surface area contributed by atoms with E-state index in [1.54, 1.807) is 0 Å². The predicted molar refractivity (Wildman–Crippen MR) is 69.1 cm³/mol. The monoisotopic (exact) mass is 235 g/mol. The van der Waals surface area contributed by atoms with Gasteiger partial charge in [-0.25, -0.2) is 0 Å². The quantitative estimate of drug-likeness (QED) is 0.749. The lowest BCUT2D eigenvalue weighted by Gasteiger charge is -2.27. The number of methoxy groups -OCH3 is 1. The molecule has 0 fully saturated rings. The summed E-state index contributed by atoms with van der Waals surface area (Å²) in [6.07, 6.45) is 0. The molecule has 3 nitrogen and oxygen atoms in total. The van der Waals surface area contributed by atoms with Gasteiger partial charge < -0.3 is 9.64 Å². The van der Waals surface area contributed by atoms with Crippen LogP contribution >= 0.6 is 0 Å². The molecule has 0 N–H and O–H groups in total. The van der Waals surface area contributed by atoms with Gasteiger partial charge in [0.1, 0.15) is 0 Å². The van der Waals surface area contributed by atoms with E-state index in [2.05, 4.69) is 0 Å². The Bertz CT molecular complexity index is 370. The van der Waals surface area contributed by atoms with E-state index in [1.165, 1.54) is 12.7 Å². The summed E-state index contributed by atoms with van der Waals surface area (Å²) in [4.78, 5) is 13.9. The highest BCUT2D eigenvalue weighted by Crippen LogP contribution is 2.24. The lowest BCUT2D eigenvalue weighted by molar-refractivity contribution is -0.143. The molecule has 0 aliphatic rings. The molecule has 0 radical (unpaired) electrons. The van der Waals surface area contributed by atoms with Crippen LogP contribution in [0.2, 0.25) is 0 Å². The molecule has 2 atom stereocenters. The average Bonchev–Trinajstić information content (AvgIpc) is 2.31. The third kappa shape index (κ3) is 3.30. The smallest absolute Gasteiger partial charge is 0.314 e. The Hall–Kier alpha value is -1.35. The first-order valence-corrected chi connectivity index (χ1v) is 5.78. The van der Waals surface area contributed by atoms with Crippen LogP contribution in [-0.4, -0.2) is 38.1 Å². The first-order chi connectivity index (χ1) is 7.97. The van der Waals surface area contributed by atoms with E-state index in [0.717, 1.165) is 5.56 Å². The van der Waals surface area contributed by atoms with Gasteiger partial charge in [0.2, 0.25) is 0 Å². The Labute approximate surface area is 103 Å². The third-order valence-electron chi connectivity index (χ3n) is 3.19. The number of ether oxygens (including phenoxy) is 1. The van der Waals surface area contributed by atoms with E-state index in [9.17, 15) is 4.79 Å². The molecule has 1 aromatic rings. The predicted octanol–water partition coefficient (Wildman–Crippen LogP) is 2.20. The molecule has 17 heavy (non-hydrogen) atoms. The SMILES string of the molecule is COC(=O)C(c1ccc(C)cc1)C(C)N(C)C. The second kappa shape index (κ2) is 5.82.